The molecule has 2 heterocycles. The maximum Gasteiger partial charge on any atom is 0.0659 e. The van der Waals surface area contributed by atoms with Crippen molar-refractivity contribution in [3.8, 4) is 0 Å². The van der Waals surface area contributed by atoms with E-state index in [2.05, 4.69) is 34.3 Å². The zero-order chi connectivity index (χ0) is 12.2. The molecule has 0 aliphatic carbocycles. The van der Waals surface area contributed by atoms with E-state index in [0.717, 1.165) is 13.1 Å². The molecule has 0 N–H and O–H groups in total. The van der Waals surface area contributed by atoms with Gasteiger partial charge in [0.15, 0.2) is 0 Å². The number of nitrogens with zero attached hydrogens (tertiary/aromatic N) is 3. The molecule has 2 aromatic rings. The normalized spacial score (nSPS) is 16.2. The first-order valence-corrected chi connectivity index (χ1v) is 6.68. The summed E-state index contributed by atoms with van der Waals surface area (Å²) in [4.78, 5) is 2.53. The summed E-state index contributed by atoms with van der Waals surface area (Å²) in [6, 6.07) is 10.9. The summed E-state index contributed by atoms with van der Waals surface area (Å²) in [6.45, 7) is 4.48. The molecule has 3 nitrogen and oxygen atoms in total. The van der Waals surface area contributed by atoms with E-state index in [1.807, 2.05) is 23.1 Å². The molecule has 0 atom stereocenters. The molecule has 1 fully saturated rings. The molecule has 3 heteroatoms. The van der Waals surface area contributed by atoms with Gasteiger partial charge in [-0.05, 0) is 43.1 Å². The zero-order valence-electron chi connectivity index (χ0n) is 10.6. The number of hydrogen-bond donors (Lipinski definition) is 0. The fraction of sp³-hybridized carbons (Fsp3) is 0.400. The molecule has 0 amide bonds. The maximum atomic E-state index is 4.23. The molecule has 1 aromatic heterocycles. The van der Waals surface area contributed by atoms with Gasteiger partial charge in [0.05, 0.1) is 6.54 Å². The second-order valence-electron chi connectivity index (χ2n) is 5.00. The van der Waals surface area contributed by atoms with E-state index >= 15 is 0 Å². The lowest BCUT2D eigenvalue weighted by atomic mass is 10.1. The van der Waals surface area contributed by atoms with Gasteiger partial charge in [-0.1, -0.05) is 24.3 Å². The van der Waals surface area contributed by atoms with E-state index in [0.29, 0.717) is 0 Å². The highest BCUT2D eigenvalue weighted by Crippen LogP contribution is 2.13. The van der Waals surface area contributed by atoms with Gasteiger partial charge >= 0.3 is 0 Å². The van der Waals surface area contributed by atoms with Crippen LogP contribution in [-0.4, -0.2) is 27.8 Å². The van der Waals surface area contributed by atoms with E-state index in [1.54, 1.807) is 0 Å². The molecular formula is C15H19N3. The Balaban J connectivity index is 1.61. The van der Waals surface area contributed by atoms with Crippen LogP contribution in [-0.2, 0) is 13.1 Å². The molecule has 3 rings (SSSR count). The van der Waals surface area contributed by atoms with Gasteiger partial charge in [-0.2, -0.15) is 5.10 Å². The molecule has 1 aliphatic heterocycles. The van der Waals surface area contributed by atoms with Crippen LogP contribution in [0, 0.1) is 0 Å². The number of aromatic nitrogens is 2. The van der Waals surface area contributed by atoms with Gasteiger partial charge in [-0.25, -0.2) is 0 Å². The van der Waals surface area contributed by atoms with Gasteiger partial charge in [0, 0.05) is 18.9 Å². The van der Waals surface area contributed by atoms with Crippen LogP contribution in [0.2, 0.25) is 0 Å². The van der Waals surface area contributed by atoms with Gasteiger partial charge in [-0.3, -0.25) is 9.58 Å². The summed E-state index contributed by atoms with van der Waals surface area (Å²) in [5.41, 5.74) is 2.73. The van der Waals surface area contributed by atoms with Crippen LogP contribution >= 0.6 is 0 Å². The first-order valence-electron chi connectivity index (χ1n) is 6.68. The monoisotopic (exact) mass is 241 g/mol. The van der Waals surface area contributed by atoms with Gasteiger partial charge in [-0.15, -0.1) is 0 Å². The molecule has 0 spiro atoms. The van der Waals surface area contributed by atoms with E-state index in [1.165, 1.54) is 37.1 Å². The fourth-order valence-corrected chi connectivity index (χ4v) is 2.53. The predicted octanol–water partition coefficient (Wildman–Crippen LogP) is 2.53. The minimum atomic E-state index is 0.858. The van der Waals surface area contributed by atoms with Crippen molar-refractivity contribution in [3.63, 3.8) is 0 Å². The van der Waals surface area contributed by atoms with Crippen LogP contribution in [0.25, 0.3) is 0 Å². The third-order valence-electron chi connectivity index (χ3n) is 3.53. The van der Waals surface area contributed by atoms with Gasteiger partial charge in [0.2, 0.25) is 0 Å². The Morgan fingerprint density at radius 3 is 2.22 bits per heavy atom. The lowest BCUT2D eigenvalue weighted by molar-refractivity contribution is 0.331. The van der Waals surface area contributed by atoms with Gasteiger partial charge in [0.1, 0.15) is 0 Å². The summed E-state index contributed by atoms with van der Waals surface area (Å²) in [7, 11) is 0. The highest BCUT2D eigenvalue weighted by molar-refractivity contribution is 5.22. The Kier molecular flexibility index (Phi) is 3.42. The SMILES string of the molecule is c1cnn(Cc2ccc(CN3CCCC3)cc2)c1. The largest absolute Gasteiger partial charge is 0.299 e. The average Bonchev–Trinajstić information content (AvgIpc) is 3.05. The molecule has 94 valence electrons. The minimum Gasteiger partial charge on any atom is -0.299 e. The molecule has 0 bridgehead atoms. The number of likely N-dealkylation sites (tertiary alicyclic amines) is 1. The first kappa shape index (κ1) is 11.5. The van der Waals surface area contributed by atoms with Crippen molar-refractivity contribution >= 4 is 0 Å². The third kappa shape index (κ3) is 2.79. The zero-order valence-corrected chi connectivity index (χ0v) is 10.6. The standard InChI is InChI=1S/C15H19N3/c1-2-10-17(9-1)12-14-4-6-15(7-5-14)13-18-11-3-8-16-18/h3-8,11H,1-2,9-10,12-13H2. The number of rotatable bonds is 4. The molecule has 1 aromatic carbocycles. The van der Waals surface area contributed by atoms with Crippen molar-refractivity contribution in [2.75, 3.05) is 13.1 Å². The van der Waals surface area contributed by atoms with E-state index in [-0.39, 0.29) is 0 Å². The fourth-order valence-electron chi connectivity index (χ4n) is 2.53. The second kappa shape index (κ2) is 5.36. The predicted molar refractivity (Wildman–Crippen MR) is 72.3 cm³/mol. The summed E-state index contributed by atoms with van der Waals surface area (Å²) >= 11 is 0. The van der Waals surface area contributed by atoms with Crippen LogP contribution in [0.3, 0.4) is 0 Å². The lowest BCUT2D eigenvalue weighted by Gasteiger charge is -2.14. The van der Waals surface area contributed by atoms with Crippen LogP contribution < -0.4 is 0 Å². The van der Waals surface area contributed by atoms with E-state index in [9.17, 15) is 0 Å². The molecule has 1 aliphatic rings. The molecule has 0 saturated carbocycles. The van der Waals surface area contributed by atoms with Crippen LogP contribution in [0.5, 0.6) is 0 Å². The summed E-state index contributed by atoms with van der Waals surface area (Å²) in [6.07, 6.45) is 6.54. The van der Waals surface area contributed by atoms with Crippen molar-refractivity contribution in [1.29, 1.82) is 0 Å². The average molecular weight is 241 g/mol. The van der Waals surface area contributed by atoms with Crippen molar-refractivity contribution in [1.82, 2.24) is 14.7 Å². The molecular weight excluding hydrogens is 222 g/mol. The first-order chi connectivity index (χ1) is 8.90. The summed E-state index contributed by atoms with van der Waals surface area (Å²) in [5.74, 6) is 0. The van der Waals surface area contributed by atoms with Gasteiger partial charge in [0.25, 0.3) is 0 Å². The van der Waals surface area contributed by atoms with Crippen molar-refractivity contribution in [2.45, 2.75) is 25.9 Å². The Bertz CT molecular complexity index is 467. The molecule has 1 saturated heterocycles. The van der Waals surface area contributed by atoms with Crippen molar-refractivity contribution in [2.24, 2.45) is 0 Å². The summed E-state index contributed by atoms with van der Waals surface area (Å²) < 4.78 is 1.95. The Labute approximate surface area is 108 Å². The Morgan fingerprint density at radius 1 is 0.944 bits per heavy atom. The minimum absolute atomic E-state index is 0.858. The van der Waals surface area contributed by atoms with E-state index < -0.39 is 0 Å². The molecule has 18 heavy (non-hydrogen) atoms. The van der Waals surface area contributed by atoms with E-state index in [4.69, 9.17) is 0 Å². The summed E-state index contributed by atoms with van der Waals surface area (Å²) in [5, 5.41) is 4.23. The van der Waals surface area contributed by atoms with Crippen LogP contribution in [0.15, 0.2) is 42.7 Å². The Hall–Kier alpha value is -1.61. The number of hydrogen-bond acceptors (Lipinski definition) is 2. The van der Waals surface area contributed by atoms with Crippen molar-refractivity contribution in [3.05, 3.63) is 53.9 Å². The highest BCUT2D eigenvalue weighted by Gasteiger charge is 2.11. The second-order valence-corrected chi connectivity index (χ2v) is 5.00. The third-order valence-corrected chi connectivity index (χ3v) is 3.53. The molecule has 0 unspecified atom stereocenters. The van der Waals surface area contributed by atoms with Gasteiger partial charge < -0.3 is 0 Å². The quantitative estimate of drug-likeness (QED) is 0.820. The lowest BCUT2D eigenvalue weighted by Crippen LogP contribution is -2.18. The van der Waals surface area contributed by atoms with Crippen molar-refractivity contribution < 1.29 is 0 Å². The highest BCUT2D eigenvalue weighted by atomic mass is 15.3. The smallest absolute Gasteiger partial charge is 0.0659 e. The maximum absolute atomic E-state index is 4.23. The topological polar surface area (TPSA) is 21.1 Å². The Morgan fingerprint density at radius 2 is 1.61 bits per heavy atom. The number of benzene rings is 1. The molecule has 0 radical (unpaired) electrons. The van der Waals surface area contributed by atoms with Crippen LogP contribution in [0.1, 0.15) is 24.0 Å². The van der Waals surface area contributed by atoms with Crippen LogP contribution in [0.4, 0.5) is 0 Å².